The molecule has 4 nitrogen and oxygen atoms in total. The molecule has 35 heavy (non-hydrogen) atoms. The first-order valence-electron chi connectivity index (χ1n) is 12.0. The third-order valence-electron chi connectivity index (χ3n) is 7.32. The van der Waals surface area contributed by atoms with E-state index in [4.69, 9.17) is 19.3 Å². The molecule has 5 aromatic rings. The molecule has 0 unspecified atom stereocenters. The van der Waals surface area contributed by atoms with Gasteiger partial charge in [0.05, 0.1) is 33.6 Å². The van der Waals surface area contributed by atoms with Crippen molar-refractivity contribution >= 4 is 34.4 Å². The minimum atomic E-state index is -0.372. The highest BCUT2D eigenvalue weighted by Gasteiger charge is 2.51. The van der Waals surface area contributed by atoms with Crippen LogP contribution in [-0.2, 0) is 9.31 Å². The third kappa shape index (κ3) is 3.81. The summed E-state index contributed by atoms with van der Waals surface area (Å²) in [7, 11) is -0.372. The van der Waals surface area contributed by atoms with Crippen LogP contribution in [-0.4, -0.2) is 28.3 Å². The summed E-state index contributed by atoms with van der Waals surface area (Å²) in [4.78, 5) is 10.1. The molecule has 0 aliphatic carbocycles. The Labute approximate surface area is 206 Å². The molecule has 1 saturated heterocycles. The number of aromatic nitrogens is 2. The molecule has 1 aliphatic heterocycles. The van der Waals surface area contributed by atoms with Crippen molar-refractivity contribution in [1.29, 1.82) is 0 Å². The van der Waals surface area contributed by atoms with E-state index in [9.17, 15) is 0 Å². The summed E-state index contributed by atoms with van der Waals surface area (Å²) in [5.74, 6) is 0. The minimum Gasteiger partial charge on any atom is -0.399 e. The quantitative estimate of drug-likeness (QED) is 0.231. The van der Waals surface area contributed by atoms with Gasteiger partial charge in [-0.3, -0.25) is 0 Å². The van der Waals surface area contributed by atoms with Crippen molar-refractivity contribution in [2.75, 3.05) is 0 Å². The molecule has 5 heteroatoms. The summed E-state index contributed by atoms with van der Waals surface area (Å²) in [5, 5.41) is 2.16. The number of fused-ring (bicyclic) bond motifs is 3. The Balaban J connectivity index is 1.38. The summed E-state index contributed by atoms with van der Waals surface area (Å²) < 4.78 is 12.4. The highest BCUT2D eigenvalue weighted by atomic mass is 16.7. The van der Waals surface area contributed by atoms with Gasteiger partial charge in [0.1, 0.15) is 0 Å². The van der Waals surface area contributed by atoms with Gasteiger partial charge in [-0.05, 0) is 45.3 Å². The van der Waals surface area contributed by atoms with Gasteiger partial charge in [0.25, 0.3) is 0 Å². The van der Waals surface area contributed by atoms with E-state index in [1.165, 1.54) is 0 Å². The van der Waals surface area contributed by atoms with Crippen molar-refractivity contribution in [2.45, 2.75) is 38.9 Å². The molecule has 0 N–H and O–H groups in total. The van der Waals surface area contributed by atoms with E-state index < -0.39 is 0 Å². The molecule has 3 aromatic carbocycles. The molecule has 3 heterocycles. The fourth-order valence-corrected chi connectivity index (χ4v) is 4.49. The Morgan fingerprint density at radius 3 is 1.51 bits per heavy atom. The predicted octanol–water partition coefficient (Wildman–Crippen LogP) is 6.42. The van der Waals surface area contributed by atoms with Crippen molar-refractivity contribution in [3.8, 4) is 22.5 Å². The number of hydrogen-bond acceptors (Lipinski definition) is 4. The lowest BCUT2D eigenvalue weighted by Gasteiger charge is -2.32. The average Bonchev–Trinajstić information content (AvgIpc) is 3.10. The smallest absolute Gasteiger partial charge is 0.399 e. The molecular weight excluding hydrogens is 431 g/mol. The van der Waals surface area contributed by atoms with Crippen molar-refractivity contribution in [3.63, 3.8) is 0 Å². The Morgan fingerprint density at radius 1 is 0.543 bits per heavy atom. The second-order valence-electron chi connectivity index (χ2n) is 10.2. The maximum Gasteiger partial charge on any atom is 0.494 e. The lowest BCUT2D eigenvalue weighted by Crippen LogP contribution is -2.41. The molecule has 172 valence electrons. The molecule has 0 amide bonds. The van der Waals surface area contributed by atoms with Crippen molar-refractivity contribution in [2.24, 2.45) is 0 Å². The molecule has 1 aliphatic rings. The van der Waals surface area contributed by atoms with Gasteiger partial charge in [0.15, 0.2) is 0 Å². The van der Waals surface area contributed by atoms with Gasteiger partial charge < -0.3 is 9.31 Å². The topological polar surface area (TPSA) is 44.2 Å². The highest BCUT2D eigenvalue weighted by molar-refractivity contribution is 6.62. The summed E-state index contributed by atoms with van der Waals surface area (Å²) in [6, 6.07) is 31.2. The minimum absolute atomic E-state index is 0.358. The van der Waals surface area contributed by atoms with Crippen LogP contribution in [0.2, 0.25) is 0 Å². The first-order valence-corrected chi connectivity index (χ1v) is 12.0. The number of benzene rings is 3. The fraction of sp³-hybridized carbons (Fsp3) is 0.200. The van der Waals surface area contributed by atoms with Crippen LogP contribution in [0.5, 0.6) is 0 Å². The van der Waals surface area contributed by atoms with E-state index in [2.05, 4.69) is 100 Å². The zero-order valence-corrected chi connectivity index (χ0v) is 20.4. The lowest BCUT2D eigenvalue weighted by atomic mass is 9.79. The van der Waals surface area contributed by atoms with Gasteiger partial charge in [-0.1, -0.05) is 78.9 Å². The van der Waals surface area contributed by atoms with Gasteiger partial charge >= 0.3 is 7.12 Å². The monoisotopic (exact) mass is 458 g/mol. The van der Waals surface area contributed by atoms with E-state index in [0.29, 0.717) is 0 Å². The maximum atomic E-state index is 6.20. The van der Waals surface area contributed by atoms with E-state index in [0.717, 1.165) is 49.8 Å². The van der Waals surface area contributed by atoms with E-state index >= 15 is 0 Å². The molecule has 0 radical (unpaired) electrons. The van der Waals surface area contributed by atoms with Crippen LogP contribution in [0.1, 0.15) is 27.7 Å². The summed E-state index contributed by atoms with van der Waals surface area (Å²) >= 11 is 0. The number of rotatable bonds is 3. The molecule has 1 fully saturated rings. The Hall–Kier alpha value is -3.54. The van der Waals surface area contributed by atoms with Crippen LogP contribution in [0.15, 0.2) is 91.0 Å². The van der Waals surface area contributed by atoms with Crippen LogP contribution in [0.25, 0.3) is 44.3 Å². The number of nitrogens with zero attached hydrogens (tertiary/aromatic N) is 2. The van der Waals surface area contributed by atoms with Crippen molar-refractivity contribution < 1.29 is 9.31 Å². The Bertz CT molecular complexity index is 1530. The van der Waals surface area contributed by atoms with Gasteiger partial charge in [-0.15, -0.1) is 0 Å². The van der Waals surface area contributed by atoms with Crippen molar-refractivity contribution in [1.82, 2.24) is 9.97 Å². The molecule has 2 aromatic heterocycles. The second-order valence-corrected chi connectivity index (χ2v) is 10.2. The number of hydrogen-bond donors (Lipinski definition) is 0. The normalized spacial score (nSPS) is 16.7. The molecule has 0 bridgehead atoms. The van der Waals surface area contributed by atoms with E-state index in [-0.39, 0.29) is 18.3 Å². The summed E-state index contributed by atoms with van der Waals surface area (Å²) in [5.41, 5.74) is 6.12. The predicted molar refractivity (Wildman–Crippen MR) is 144 cm³/mol. The molecule has 0 atom stereocenters. The molecule has 6 rings (SSSR count). The summed E-state index contributed by atoms with van der Waals surface area (Å²) in [6.45, 7) is 8.29. The first-order chi connectivity index (χ1) is 16.8. The maximum absolute atomic E-state index is 6.20. The lowest BCUT2D eigenvalue weighted by molar-refractivity contribution is 0.00578. The van der Waals surface area contributed by atoms with Crippen LogP contribution in [0.4, 0.5) is 0 Å². The first kappa shape index (κ1) is 22.0. The van der Waals surface area contributed by atoms with E-state index in [1.54, 1.807) is 0 Å². The average molecular weight is 458 g/mol. The van der Waals surface area contributed by atoms with Crippen LogP contribution >= 0.6 is 0 Å². The van der Waals surface area contributed by atoms with Gasteiger partial charge in [-0.25, -0.2) is 9.97 Å². The van der Waals surface area contributed by atoms with E-state index in [1.807, 2.05) is 18.2 Å². The second kappa shape index (κ2) is 8.01. The van der Waals surface area contributed by atoms with Gasteiger partial charge in [-0.2, -0.15) is 0 Å². The number of pyridine rings is 2. The zero-order chi connectivity index (χ0) is 24.2. The van der Waals surface area contributed by atoms with Crippen LogP contribution < -0.4 is 5.46 Å². The molecular formula is C30H27BN2O2. The Morgan fingerprint density at radius 2 is 1.00 bits per heavy atom. The summed E-state index contributed by atoms with van der Waals surface area (Å²) in [6.07, 6.45) is 0. The van der Waals surface area contributed by atoms with Crippen LogP contribution in [0, 0.1) is 0 Å². The molecule has 0 spiro atoms. The molecule has 0 saturated carbocycles. The Kier molecular flexibility index (Phi) is 5.03. The highest BCUT2D eigenvalue weighted by Crippen LogP contribution is 2.36. The largest absolute Gasteiger partial charge is 0.494 e. The zero-order valence-electron chi connectivity index (χ0n) is 20.4. The van der Waals surface area contributed by atoms with Gasteiger partial charge in [0, 0.05) is 21.9 Å². The fourth-order valence-electron chi connectivity index (χ4n) is 4.49. The standard InChI is InChI=1S/C30H27BN2O2/c1-29(2)30(3,4)35-31(34-29)24-16-12-21(13-17-24)26-19-15-23-11-10-22-14-18-25(20-8-6-5-7-9-20)32-27(22)28(23)33-26/h5-19H,1-4H3. The third-order valence-corrected chi connectivity index (χ3v) is 7.32. The van der Waals surface area contributed by atoms with Gasteiger partial charge in [0.2, 0.25) is 0 Å². The van der Waals surface area contributed by atoms with Crippen molar-refractivity contribution in [3.05, 3.63) is 91.0 Å². The SMILES string of the molecule is CC1(C)OB(c2ccc(-c3ccc4ccc5ccc(-c6ccccc6)nc5c4n3)cc2)OC1(C)C. The van der Waals surface area contributed by atoms with Crippen LogP contribution in [0.3, 0.4) is 0 Å².